The molecule has 0 amide bonds. The molecule has 5 heteroatoms. The van der Waals surface area contributed by atoms with Crippen LogP contribution in [0.1, 0.15) is 18.0 Å². The van der Waals surface area contributed by atoms with Gasteiger partial charge in [0.2, 0.25) is 0 Å². The van der Waals surface area contributed by atoms with Gasteiger partial charge in [0, 0.05) is 24.9 Å². The second-order valence-electron chi connectivity index (χ2n) is 3.56. The summed E-state index contributed by atoms with van der Waals surface area (Å²) in [6.45, 7) is 2.08. The molecule has 1 aliphatic rings. The van der Waals surface area contributed by atoms with Gasteiger partial charge in [0.25, 0.3) is 0 Å². The fraction of sp³-hybridized carbons (Fsp3) is 0.444. The van der Waals surface area contributed by atoms with Crippen molar-refractivity contribution in [1.82, 2.24) is 25.5 Å². The van der Waals surface area contributed by atoms with Gasteiger partial charge in [-0.25, -0.2) is 9.97 Å². The molecule has 3 rings (SSSR count). The van der Waals surface area contributed by atoms with Gasteiger partial charge in [0.15, 0.2) is 5.65 Å². The minimum absolute atomic E-state index is 0.511. The first-order valence-electron chi connectivity index (χ1n) is 4.81. The molecule has 0 aromatic carbocycles. The Hall–Kier alpha value is -1.49. The number of aromatic nitrogens is 4. The molecule has 2 aromatic rings. The molecular formula is C9H11N5. The minimum atomic E-state index is 0.511. The van der Waals surface area contributed by atoms with E-state index < -0.39 is 0 Å². The molecule has 3 heterocycles. The van der Waals surface area contributed by atoms with Crippen LogP contribution in [0.15, 0.2) is 12.4 Å². The summed E-state index contributed by atoms with van der Waals surface area (Å²) in [5, 5.41) is 10.5. The van der Waals surface area contributed by atoms with Crippen LogP contribution in [-0.4, -0.2) is 33.3 Å². The molecule has 0 radical (unpaired) electrons. The molecule has 1 unspecified atom stereocenters. The highest BCUT2D eigenvalue weighted by atomic mass is 15.2. The number of hydrogen-bond acceptors (Lipinski definition) is 4. The lowest BCUT2D eigenvalue weighted by Gasteiger charge is -2.03. The van der Waals surface area contributed by atoms with Crippen LogP contribution >= 0.6 is 0 Å². The van der Waals surface area contributed by atoms with Crippen molar-refractivity contribution in [2.45, 2.75) is 12.3 Å². The third kappa shape index (κ3) is 1.09. The van der Waals surface area contributed by atoms with Crippen molar-refractivity contribution in [2.24, 2.45) is 0 Å². The molecule has 1 atom stereocenters. The zero-order chi connectivity index (χ0) is 9.38. The number of nitrogens with one attached hydrogen (secondary N) is 2. The van der Waals surface area contributed by atoms with Gasteiger partial charge in [0.05, 0.1) is 5.69 Å². The van der Waals surface area contributed by atoms with Crippen LogP contribution in [0.2, 0.25) is 0 Å². The van der Waals surface area contributed by atoms with Crippen LogP contribution < -0.4 is 5.32 Å². The van der Waals surface area contributed by atoms with Crippen LogP contribution in [0, 0.1) is 0 Å². The van der Waals surface area contributed by atoms with Crippen molar-refractivity contribution in [2.75, 3.05) is 13.1 Å². The Balaban J connectivity index is 2.11. The Labute approximate surface area is 81.0 Å². The van der Waals surface area contributed by atoms with Crippen molar-refractivity contribution >= 4 is 11.2 Å². The summed E-state index contributed by atoms with van der Waals surface area (Å²) in [7, 11) is 0. The number of rotatable bonds is 1. The molecule has 72 valence electrons. The predicted octanol–water partition coefficient (Wildman–Crippen LogP) is 0.430. The highest BCUT2D eigenvalue weighted by Gasteiger charge is 2.21. The van der Waals surface area contributed by atoms with Crippen molar-refractivity contribution in [1.29, 1.82) is 0 Å². The largest absolute Gasteiger partial charge is 0.316 e. The maximum atomic E-state index is 4.30. The zero-order valence-corrected chi connectivity index (χ0v) is 7.70. The lowest BCUT2D eigenvalue weighted by Crippen LogP contribution is -2.08. The van der Waals surface area contributed by atoms with E-state index >= 15 is 0 Å². The van der Waals surface area contributed by atoms with E-state index in [0.29, 0.717) is 5.92 Å². The smallest absolute Gasteiger partial charge is 0.199 e. The number of aromatic amines is 1. The summed E-state index contributed by atoms with van der Waals surface area (Å²) in [4.78, 5) is 8.45. The van der Waals surface area contributed by atoms with Crippen LogP contribution in [0.5, 0.6) is 0 Å². The predicted molar refractivity (Wildman–Crippen MR) is 51.9 cm³/mol. The first-order valence-corrected chi connectivity index (χ1v) is 4.81. The molecule has 0 spiro atoms. The third-order valence-electron chi connectivity index (χ3n) is 2.68. The average molecular weight is 189 g/mol. The maximum Gasteiger partial charge on any atom is 0.199 e. The second kappa shape index (κ2) is 3.02. The van der Waals surface area contributed by atoms with Crippen molar-refractivity contribution in [3.8, 4) is 0 Å². The summed E-state index contributed by atoms with van der Waals surface area (Å²) in [6, 6.07) is 0. The fourth-order valence-electron chi connectivity index (χ4n) is 1.95. The average Bonchev–Trinajstić information content (AvgIpc) is 2.85. The maximum absolute atomic E-state index is 4.30. The summed E-state index contributed by atoms with van der Waals surface area (Å²) < 4.78 is 0. The highest BCUT2D eigenvalue weighted by molar-refractivity contribution is 5.72. The molecular weight excluding hydrogens is 178 g/mol. The van der Waals surface area contributed by atoms with E-state index in [1.165, 1.54) is 0 Å². The molecule has 1 saturated heterocycles. The molecule has 2 N–H and O–H groups in total. The molecule has 0 aliphatic carbocycles. The number of hydrogen-bond donors (Lipinski definition) is 2. The summed E-state index contributed by atoms with van der Waals surface area (Å²) >= 11 is 0. The Bertz CT molecular complexity index is 443. The Morgan fingerprint density at radius 2 is 2.21 bits per heavy atom. The summed E-state index contributed by atoms with van der Waals surface area (Å²) in [5.41, 5.74) is 2.76. The highest BCUT2D eigenvalue weighted by Crippen LogP contribution is 2.24. The molecule has 14 heavy (non-hydrogen) atoms. The van der Waals surface area contributed by atoms with E-state index in [2.05, 4.69) is 25.5 Å². The van der Waals surface area contributed by atoms with Gasteiger partial charge in [-0.3, -0.25) is 5.10 Å². The Morgan fingerprint density at radius 1 is 1.29 bits per heavy atom. The van der Waals surface area contributed by atoms with E-state index in [1.54, 1.807) is 12.4 Å². The topological polar surface area (TPSA) is 66.5 Å². The van der Waals surface area contributed by atoms with Gasteiger partial charge in [-0.1, -0.05) is 0 Å². The molecule has 0 bridgehead atoms. The Morgan fingerprint density at radius 3 is 3.07 bits per heavy atom. The van der Waals surface area contributed by atoms with E-state index in [0.717, 1.165) is 36.4 Å². The lowest BCUT2D eigenvalue weighted by atomic mass is 10.0. The van der Waals surface area contributed by atoms with E-state index in [-0.39, 0.29) is 0 Å². The number of H-pyrrole nitrogens is 1. The van der Waals surface area contributed by atoms with E-state index in [9.17, 15) is 0 Å². The first-order chi connectivity index (χ1) is 6.95. The number of fused-ring (bicyclic) bond motifs is 1. The monoisotopic (exact) mass is 189 g/mol. The number of nitrogens with zero attached hydrogens (tertiary/aromatic N) is 3. The standard InChI is InChI=1S/C9H11N5/c1-2-10-5-6(1)7-8-9(14-13-7)12-4-3-11-8/h3-4,6,10H,1-2,5H2,(H,12,13,14). The third-order valence-corrected chi connectivity index (χ3v) is 2.68. The fourth-order valence-corrected chi connectivity index (χ4v) is 1.95. The van der Waals surface area contributed by atoms with Gasteiger partial charge in [-0.2, -0.15) is 5.10 Å². The van der Waals surface area contributed by atoms with Crippen LogP contribution in [0.4, 0.5) is 0 Å². The quantitative estimate of drug-likeness (QED) is 0.682. The van der Waals surface area contributed by atoms with Crippen LogP contribution in [0.3, 0.4) is 0 Å². The molecule has 1 fully saturated rings. The molecule has 2 aromatic heterocycles. The summed E-state index contributed by atoms with van der Waals surface area (Å²) in [5.74, 6) is 0.511. The van der Waals surface area contributed by atoms with Crippen molar-refractivity contribution < 1.29 is 0 Å². The van der Waals surface area contributed by atoms with Crippen molar-refractivity contribution in [3.63, 3.8) is 0 Å². The van der Waals surface area contributed by atoms with Crippen LogP contribution in [0.25, 0.3) is 11.2 Å². The molecule has 5 nitrogen and oxygen atoms in total. The minimum Gasteiger partial charge on any atom is -0.316 e. The van der Waals surface area contributed by atoms with Gasteiger partial charge in [-0.05, 0) is 13.0 Å². The van der Waals surface area contributed by atoms with Crippen LogP contribution in [-0.2, 0) is 0 Å². The second-order valence-corrected chi connectivity index (χ2v) is 3.56. The lowest BCUT2D eigenvalue weighted by molar-refractivity contribution is 0.733. The van der Waals surface area contributed by atoms with Gasteiger partial charge in [-0.15, -0.1) is 0 Å². The zero-order valence-electron chi connectivity index (χ0n) is 7.70. The van der Waals surface area contributed by atoms with Gasteiger partial charge < -0.3 is 5.32 Å². The Kier molecular flexibility index (Phi) is 1.70. The van der Waals surface area contributed by atoms with E-state index in [4.69, 9.17) is 0 Å². The van der Waals surface area contributed by atoms with Gasteiger partial charge in [0.1, 0.15) is 5.52 Å². The molecule has 0 saturated carbocycles. The van der Waals surface area contributed by atoms with Crippen molar-refractivity contribution in [3.05, 3.63) is 18.1 Å². The van der Waals surface area contributed by atoms with E-state index in [1.807, 2.05) is 0 Å². The SMILES string of the molecule is c1cnc2c(C3CCNC3)[nH]nc2n1. The van der Waals surface area contributed by atoms with Gasteiger partial charge >= 0.3 is 0 Å². The summed E-state index contributed by atoms with van der Waals surface area (Å²) in [6.07, 6.45) is 4.53. The normalized spacial score (nSPS) is 21.9. The first kappa shape index (κ1) is 7.87. The molecule has 1 aliphatic heterocycles.